The van der Waals surface area contributed by atoms with Gasteiger partial charge >= 0.3 is 0 Å². The fourth-order valence-electron chi connectivity index (χ4n) is 3.32. The quantitative estimate of drug-likeness (QED) is 0.709. The van der Waals surface area contributed by atoms with E-state index in [9.17, 15) is 9.59 Å². The average molecular weight is 361 g/mol. The van der Waals surface area contributed by atoms with Gasteiger partial charge in [-0.2, -0.15) is 5.26 Å². The van der Waals surface area contributed by atoms with E-state index in [2.05, 4.69) is 10.6 Å². The zero-order valence-electron chi connectivity index (χ0n) is 14.0. The molecule has 5 nitrogen and oxygen atoms in total. The highest BCUT2D eigenvalue weighted by atomic mass is 32.2. The molecule has 6 heteroatoms. The molecule has 1 saturated heterocycles. The largest absolute Gasteiger partial charge is 0.343 e. The lowest BCUT2D eigenvalue weighted by molar-refractivity contribution is -0.113. The highest BCUT2D eigenvalue weighted by molar-refractivity contribution is 8.26. The van der Waals surface area contributed by atoms with E-state index in [1.807, 2.05) is 42.6 Å². The van der Waals surface area contributed by atoms with Gasteiger partial charge in [-0.05, 0) is 35.4 Å². The molecule has 1 unspecified atom stereocenters. The summed E-state index contributed by atoms with van der Waals surface area (Å²) in [5.74, 6) is 0. The number of thioether (sulfide) groups is 1. The van der Waals surface area contributed by atoms with Crippen molar-refractivity contribution in [3.05, 3.63) is 71.4 Å². The van der Waals surface area contributed by atoms with Gasteiger partial charge < -0.3 is 9.47 Å². The molecular formula is C20H15N3O2S. The topological polar surface area (TPSA) is 66.1 Å². The maximum absolute atomic E-state index is 12.3. The van der Waals surface area contributed by atoms with Crippen molar-refractivity contribution in [3.63, 3.8) is 0 Å². The van der Waals surface area contributed by atoms with Gasteiger partial charge in [-0.3, -0.25) is 9.59 Å². The third-order valence-corrected chi connectivity index (χ3v) is 5.55. The van der Waals surface area contributed by atoms with Gasteiger partial charge in [0, 0.05) is 42.5 Å². The number of carbonyl (C=O) groups is 2. The van der Waals surface area contributed by atoms with Crippen LogP contribution in [0.25, 0.3) is 10.9 Å². The molecule has 2 heterocycles. The first-order chi connectivity index (χ1) is 12.6. The van der Waals surface area contributed by atoms with Gasteiger partial charge in [-0.1, -0.05) is 24.3 Å². The molecule has 1 aromatic heterocycles. The minimum absolute atomic E-state index is 0.134. The van der Waals surface area contributed by atoms with Crippen LogP contribution in [0.1, 0.15) is 22.7 Å². The van der Waals surface area contributed by atoms with Crippen molar-refractivity contribution in [1.29, 1.82) is 5.26 Å². The molecule has 128 valence electrons. The third-order valence-electron chi connectivity index (χ3n) is 4.66. The summed E-state index contributed by atoms with van der Waals surface area (Å²) in [6.45, 7) is 0.667. The first-order valence-corrected chi connectivity index (χ1v) is 8.95. The number of likely N-dealkylation sites (N-methyl/N-ethyl adjacent to an activating group) is 1. The summed E-state index contributed by atoms with van der Waals surface area (Å²) in [5, 5.41) is 9.54. The summed E-state index contributed by atoms with van der Waals surface area (Å²) in [6, 6.07) is 16.9. The molecule has 4 rings (SSSR count). The normalized spacial score (nSPS) is 17.1. The molecule has 1 aliphatic heterocycles. The van der Waals surface area contributed by atoms with E-state index < -0.39 is 6.04 Å². The van der Waals surface area contributed by atoms with Crippen molar-refractivity contribution in [2.24, 2.45) is 0 Å². The summed E-state index contributed by atoms with van der Waals surface area (Å²) in [4.78, 5) is 25.6. The van der Waals surface area contributed by atoms with Gasteiger partial charge in [0.1, 0.15) is 6.04 Å². The van der Waals surface area contributed by atoms with E-state index in [0.29, 0.717) is 12.1 Å². The Morgan fingerprint density at radius 1 is 1.12 bits per heavy atom. The fourth-order valence-corrected chi connectivity index (χ4v) is 4.14. The lowest BCUT2D eigenvalue weighted by Gasteiger charge is -2.18. The summed E-state index contributed by atoms with van der Waals surface area (Å²) in [7, 11) is 1.66. The van der Waals surface area contributed by atoms with Crippen LogP contribution in [0.2, 0.25) is 0 Å². The zero-order chi connectivity index (χ0) is 18.3. The SMILES string of the molecule is CN1C(=O)SC(=O)C1c1cccc2c1ccn2Cc1ccc(C#N)cc1. The fraction of sp³-hybridized carbons (Fsp3) is 0.150. The minimum Gasteiger partial charge on any atom is -0.343 e. The molecule has 1 aliphatic rings. The molecule has 0 saturated carbocycles. The molecule has 2 aromatic carbocycles. The minimum atomic E-state index is -0.540. The first-order valence-electron chi connectivity index (χ1n) is 8.14. The molecule has 0 N–H and O–H groups in total. The molecule has 1 amide bonds. The van der Waals surface area contributed by atoms with E-state index in [0.717, 1.165) is 33.8 Å². The smallest absolute Gasteiger partial charge is 0.289 e. The van der Waals surface area contributed by atoms with Crippen LogP contribution in [0.5, 0.6) is 0 Å². The summed E-state index contributed by atoms with van der Waals surface area (Å²) >= 11 is 0.768. The molecule has 0 aliphatic carbocycles. The molecular weight excluding hydrogens is 346 g/mol. The van der Waals surface area contributed by atoms with Crippen LogP contribution >= 0.6 is 11.8 Å². The summed E-state index contributed by atoms with van der Waals surface area (Å²) in [6.07, 6.45) is 1.99. The van der Waals surface area contributed by atoms with Gasteiger partial charge in [0.2, 0.25) is 5.12 Å². The van der Waals surface area contributed by atoms with Crippen LogP contribution in [-0.2, 0) is 11.3 Å². The second-order valence-corrected chi connectivity index (χ2v) is 7.19. The van der Waals surface area contributed by atoms with Crippen LogP contribution in [0, 0.1) is 11.3 Å². The van der Waals surface area contributed by atoms with E-state index >= 15 is 0 Å². The van der Waals surface area contributed by atoms with Crippen LogP contribution in [-0.4, -0.2) is 26.9 Å². The highest BCUT2D eigenvalue weighted by Crippen LogP contribution is 2.38. The van der Waals surface area contributed by atoms with Crippen molar-refractivity contribution < 1.29 is 9.59 Å². The van der Waals surface area contributed by atoms with Crippen LogP contribution < -0.4 is 0 Å². The Morgan fingerprint density at radius 2 is 1.88 bits per heavy atom. The average Bonchev–Trinajstić information content (AvgIpc) is 3.16. The number of fused-ring (bicyclic) bond motifs is 1. The maximum atomic E-state index is 12.3. The molecule has 0 spiro atoms. The van der Waals surface area contributed by atoms with Gasteiger partial charge in [0.25, 0.3) is 5.24 Å². The first kappa shape index (κ1) is 16.4. The zero-order valence-corrected chi connectivity index (χ0v) is 14.9. The van der Waals surface area contributed by atoms with Crippen molar-refractivity contribution in [1.82, 2.24) is 9.47 Å². The van der Waals surface area contributed by atoms with Crippen molar-refractivity contribution in [2.45, 2.75) is 12.6 Å². The second kappa shape index (κ2) is 6.36. The Balaban J connectivity index is 1.72. The number of nitriles is 1. The maximum Gasteiger partial charge on any atom is 0.289 e. The van der Waals surface area contributed by atoms with Crippen molar-refractivity contribution in [2.75, 3.05) is 7.05 Å². The number of carbonyl (C=O) groups excluding carboxylic acids is 2. The van der Waals surface area contributed by atoms with Crippen LogP contribution in [0.4, 0.5) is 4.79 Å². The Bertz CT molecular complexity index is 1060. The lowest BCUT2D eigenvalue weighted by Crippen LogP contribution is -2.23. The van der Waals surface area contributed by atoms with Crippen LogP contribution in [0.3, 0.4) is 0 Å². The summed E-state index contributed by atoms with van der Waals surface area (Å²) < 4.78 is 2.11. The van der Waals surface area contributed by atoms with E-state index in [1.165, 1.54) is 4.90 Å². The molecule has 1 atom stereocenters. The second-order valence-electron chi connectivity index (χ2n) is 6.23. The third kappa shape index (κ3) is 2.67. The molecule has 0 radical (unpaired) electrons. The predicted octanol–water partition coefficient (Wildman–Crippen LogP) is 3.93. The van der Waals surface area contributed by atoms with Gasteiger partial charge in [-0.25, -0.2) is 0 Å². The Kier molecular flexibility index (Phi) is 4.02. The molecule has 26 heavy (non-hydrogen) atoms. The van der Waals surface area contributed by atoms with Gasteiger partial charge in [0.15, 0.2) is 0 Å². The van der Waals surface area contributed by atoms with E-state index in [-0.39, 0.29) is 10.4 Å². The number of hydrogen-bond acceptors (Lipinski definition) is 4. The monoisotopic (exact) mass is 361 g/mol. The Morgan fingerprint density at radius 3 is 2.54 bits per heavy atom. The number of rotatable bonds is 3. The number of benzene rings is 2. The van der Waals surface area contributed by atoms with Crippen molar-refractivity contribution in [3.8, 4) is 6.07 Å². The molecule has 3 aromatic rings. The Hall–Kier alpha value is -3.04. The number of amides is 1. The lowest BCUT2D eigenvalue weighted by atomic mass is 10.0. The van der Waals surface area contributed by atoms with Crippen LogP contribution in [0.15, 0.2) is 54.7 Å². The summed E-state index contributed by atoms with van der Waals surface area (Å²) in [5.41, 5.74) is 3.59. The standard InChI is InChI=1S/C20H15N3O2S/c1-22-18(19(24)26-20(22)25)16-3-2-4-17-15(16)9-10-23(17)12-14-7-5-13(11-21)6-8-14/h2-10,18H,12H2,1H3. The van der Waals surface area contributed by atoms with E-state index in [1.54, 1.807) is 19.2 Å². The molecule has 1 fully saturated rings. The van der Waals surface area contributed by atoms with Gasteiger partial charge in [0.05, 0.1) is 11.6 Å². The number of nitrogens with zero attached hydrogens (tertiary/aromatic N) is 3. The highest BCUT2D eigenvalue weighted by Gasteiger charge is 2.39. The Labute approximate surface area is 154 Å². The van der Waals surface area contributed by atoms with E-state index in [4.69, 9.17) is 5.26 Å². The predicted molar refractivity (Wildman–Crippen MR) is 101 cm³/mol. The molecule has 0 bridgehead atoms. The van der Waals surface area contributed by atoms with Gasteiger partial charge in [-0.15, -0.1) is 0 Å². The number of hydrogen-bond donors (Lipinski definition) is 0. The number of aromatic nitrogens is 1. The van der Waals surface area contributed by atoms with Crippen molar-refractivity contribution >= 4 is 33.0 Å².